The van der Waals surface area contributed by atoms with Gasteiger partial charge in [0.05, 0.1) is 58.6 Å². The lowest BCUT2D eigenvalue weighted by molar-refractivity contribution is 0.313. The van der Waals surface area contributed by atoms with E-state index < -0.39 is 0 Å². The Balaban J connectivity index is 1.36. The zero-order valence-electron chi connectivity index (χ0n) is 21.4. The molecule has 0 aromatic carbocycles. The van der Waals surface area contributed by atoms with E-state index in [1.54, 1.807) is 6.20 Å². The molecule has 1 aliphatic rings. The summed E-state index contributed by atoms with van der Waals surface area (Å²) < 4.78 is 0. The number of likely N-dealkylation sites (N-methyl/N-ethyl adjacent to an activating group) is 1. The zero-order chi connectivity index (χ0) is 25.5. The molecule has 6 rings (SSSR count). The summed E-state index contributed by atoms with van der Waals surface area (Å²) >= 11 is 0. The Labute approximate surface area is 215 Å². The van der Waals surface area contributed by atoms with Gasteiger partial charge in [-0.3, -0.25) is 20.1 Å². The number of hydrogen-bond acceptors (Lipinski definition) is 7. The van der Waals surface area contributed by atoms with Crippen molar-refractivity contribution in [1.29, 1.82) is 0 Å². The molecular weight excluding hydrogens is 462 g/mol. The third kappa shape index (κ3) is 4.42. The maximum absolute atomic E-state index is 4.67. The van der Waals surface area contributed by atoms with Crippen LogP contribution in [0.1, 0.15) is 13.8 Å². The minimum absolute atomic E-state index is 0.329. The van der Waals surface area contributed by atoms with Crippen LogP contribution in [0, 0.1) is 5.92 Å². The summed E-state index contributed by atoms with van der Waals surface area (Å²) in [5.41, 5.74) is 8.45. The highest BCUT2D eigenvalue weighted by molar-refractivity contribution is 6.00. The van der Waals surface area contributed by atoms with Crippen molar-refractivity contribution in [2.45, 2.75) is 13.8 Å². The molecule has 0 unspecified atom stereocenters. The third-order valence-electron chi connectivity index (χ3n) is 7.11. The van der Waals surface area contributed by atoms with Crippen LogP contribution < -0.4 is 10.2 Å². The first-order valence-corrected chi connectivity index (χ1v) is 12.6. The fourth-order valence-corrected chi connectivity index (χ4v) is 4.72. The Kier molecular flexibility index (Phi) is 5.84. The van der Waals surface area contributed by atoms with E-state index in [0.29, 0.717) is 5.92 Å². The number of nitrogens with one attached hydrogen (secondary N) is 3. The molecule has 188 valence electrons. The third-order valence-corrected chi connectivity index (χ3v) is 7.11. The van der Waals surface area contributed by atoms with Crippen LogP contribution in [-0.4, -0.2) is 68.3 Å². The topological polar surface area (TPSA) is 102 Å². The molecule has 0 spiro atoms. The van der Waals surface area contributed by atoms with Crippen LogP contribution in [0.25, 0.3) is 44.5 Å². The van der Waals surface area contributed by atoms with Gasteiger partial charge in [0, 0.05) is 54.4 Å². The lowest BCUT2D eigenvalue weighted by Crippen LogP contribution is -2.44. The summed E-state index contributed by atoms with van der Waals surface area (Å²) in [4.78, 5) is 21.9. The smallest absolute Gasteiger partial charge is 0.116 e. The summed E-state index contributed by atoms with van der Waals surface area (Å²) in [6.07, 6.45) is 9.31. The van der Waals surface area contributed by atoms with Crippen molar-refractivity contribution >= 4 is 33.2 Å². The number of pyridine rings is 3. The van der Waals surface area contributed by atoms with Crippen LogP contribution in [0.4, 0.5) is 11.4 Å². The average Bonchev–Trinajstić information content (AvgIpc) is 3.53. The molecule has 37 heavy (non-hydrogen) atoms. The molecule has 9 heteroatoms. The number of aromatic nitrogens is 6. The summed E-state index contributed by atoms with van der Waals surface area (Å²) in [7, 11) is 2.17. The Morgan fingerprint density at radius 3 is 2.57 bits per heavy atom. The van der Waals surface area contributed by atoms with Gasteiger partial charge >= 0.3 is 0 Å². The monoisotopic (exact) mass is 493 g/mol. The molecule has 3 N–H and O–H groups in total. The minimum Gasteiger partial charge on any atom is -0.367 e. The van der Waals surface area contributed by atoms with Crippen LogP contribution in [0.5, 0.6) is 0 Å². The number of H-pyrrole nitrogens is 2. The molecule has 5 aromatic heterocycles. The Hall–Kier alpha value is -4.24. The quantitative estimate of drug-likeness (QED) is 0.309. The van der Waals surface area contributed by atoms with Gasteiger partial charge in [-0.2, -0.15) is 5.10 Å². The lowest BCUT2D eigenvalue weighted by Gasteiger charge is -2.34. The average molecular weight is 494 g/mol. The van der Waals surface area contributed by atoms with E-state index >= 15 is 0 Å². The first kappa shape index (κ1) is 23.2. The SMILES string of the molecule is C=C(Nc1cncc(-c2cc3c(-c4cc5c(N6CCN(C)CC6)cncc5[nH]4)n[nH]c3cn2)c1)C(C)C. The molecule has 9 nitrogen and oxygen atoms in total. The number of rotatable bonds is 6. The predicted molar refractivity (Wildman–Crippen MR) is 150 cm³/mol. The maximum Gasteiger partial charge on any atom is 0.116 e. The van der Waals surface area contributed by atoms with Crippen LogP contribution in [0.15, 0.2) is 61.5 Å². The maximum atomic E-state index is 4.67. The second-order valence-electron chi connectivity index (χ2n) is 10.0. The summed E-state index contributed by atoms with van der Waals surface area (Å²) in [5, 5.41) is 13.3. The van der Waals surface area contributed by atoms with Gasteiger partial charge in [0.2, 0.25) is 0 Å². The number of hydrogen-bond donors (Lipinski definition) is 3. The molecule has 0 saturated carbocycles. The Morgan fingerprint density at radius 2 is 1.76 bits per heavy atom. The van der Waals surface area contributed by atoms with Crippen molar-refractivity contribution in [3.63, 3.8) is 0 Å². The highest BCUT2D eigenvalue weighted by Gasteiger charge is 2.19. The van der Waals surface area contributed by atoms with Gasteiger partial charge in [0.1, 0.15) is 5.69 Å². The number of fused-ring (bicyclic) bond motifs is 2. The molecule has 0 aliphatic carbocycles. The van der Waals surface area contributed by atoms with Crippen molar-refractivity contribution in [3.05, 3.63) is 61.5 Å². The summed E-state index contributed by atoms with van der Waals surface area (Å²) in [6, 6.07) is 6.30. The van der Waals surface area contributed by atoms with Crippen LogP contribution in [0.2, 0.25) is 0 Å². The molecule has 1 aliphatic heterocycles. The van der Waals surface area contributed by atoms with Gasteiger partial charge in [-0.1, -0.05) is 20.4 Å². The standard InChI is InChI=1S/C28H31N9/c1-17(2)18(3)32-20-9-19(12-29-13-20)23-11-22-26(15-31-23)34-35-28(22)24-10-21-25(33-24)14-30-16-27(21)37-7-5-36(4)6-8-37/h9-17,32-33H,3,5-8H2,1-2,4H3,(H,34,35). The molecule has 0 bridgehead atoms. The highest BCUT2D eigenvalue weighted by atomic mass is 15.3. The molecule has 0 radical (unpaired) electrons. The van der Waals surface area contributed by atoms with Crippen molar-refractivity contribution in [3.8, 4) is 22.6 Å². The number of allylic oxidation sites excluding steroid dienone is 1. The molecule has 1 saturated heterocycles. The molecule has 6 heterocycles. The van der Waals surface area contributed by atoms with E-state index in [9.17, 15) is 0 Å². The Morgan fingerprint density at radius 1 is 0.946 bits per heavy atom. The van der Waals surface area contributed by atoms with Gasteiger partial charge in [-0.05, 0) is 31.2 Å². The van der Waals surface area contributed by atoms with Crippen LogP contribution in [0.3, 0.4) is 0 Å². The van der Waals surface area contributed by atoms with E-state index in [4.69, 9.17) is 0 Å². The number of aromatic amines is 2. The van der Waals surface area contributed by atoms with Crippen molar-refractivity contribution in [2.24, 2.45) is 5.92 Å². The van der Waals surface area contributed by atoms with Crippen molar-refractivity contribution in [2.75, 3.05) is 43.4 Å². The largest absolute Gasteiger partial charge is 0.367 e. The minimum atomic E-state index is 0.329. The highest BCUT2D eigenvalue weighted by Crippen LogP contribution is 2.34. The van der Waals surface area contributed by atoms with Crippen LogP contribution in [-0.2, 0) is 0 Å². The molecule has 5 aromatic rings. The van der Waals surface area contributed by atoms with E-state index in [1.165, 1.54) is 0 Å². The number of anilines is 2. The van der Waals surface area contributed by atoms with E-state index in [2.05, 4.69) is 84.9 Å². The van der Waals surface area contributed by atoms with Crippen molar-refractivity contribution < 1.29 is 0 Å². The van der Waals surface area contributed by atoms with E-state index in [1.807, 2.05) is 30.9 Å². The number of nitrogens with zero attached hydrogens (tertiary/aromatic N) is 6. The number of piperazine rings is 1. The second kappa shape index (κ2) is 9.33. The first-order chi connectivity index (χ1) is 18.0. The predicted octanol–water partition coefficient (Wildman–Crippen LogP) is 4.90. The first-order valence-electron chi connectivity index (χ1n) is 12.6. The second-order valence-corrected chi connectivity index (χ2v) is 10.0. The summed E-state index contributed by atoms with van der Waals surface area (Å²) in [5.74, 6) is 0.329. The molecule has 0 atom stereocenters. The van der Waals surface area contributed by atoms with E-state index in [0.717, 1.165) is 87.7 Å². The molecule has 0 amide bonds. The summed E-state index contributed by atoms with van der Waals surface area (Å²) in [6.45, 7) is 12.4. The fourth-order valence-electron chi connectivity index (χ4n) is 4.72. The van der Waals surface area contributed by atoms with E-state index in [-0.39, 0.29) is 0 Å². The molecule has 1 fully saturated rings. The molecular formula is C28H31N9. The van der Waals surface area contributed by atoms with Gasteiger partial charge < -0.3 is 20.1 Å². The fraction of sp³-hybridized carbons (Fsp3) is 0.286. The van der Waals surface area contributed by atoms with Gasteiger partial charge in [0.15, 0.2) is 0 Å². The normalized spacial score (nSPS) is 14.6. The Bertz CT molecular complexity index is 1590. The van der Waals surface area contributed by atoms with Crippen LogP contribution >= 0.6 is 0 Å². The van der Waals surface area contributed by atoms with Crippen molar-refractivity contribution in [1.82, 2.24) is 35.0 Å². The van der Waals surface area contributed by atoms with Gasteiger partial charge in [0.25, 0.3) is 0 Å². The lowest BCUT2D eigenvalue weighted by atomic mass is 10.1. The van der Waals surface area contributed by atoms with Gasteiger partial charge in [-0.15, -0.1) is 0 Å². The zero-order valence-corrected chi connectivity index (χ0v) is 21.4. The van der Waals surface area contributed by atoms with Gasteiger partial charge in [-0.25, -0.2) is 0 Å².